The third kappa shape index (κ3) is 5.03. The average Bonchev–Trinajstić information content (AvgIpc) is 2.95. The highest BCUT2D eigenvalue weighted by molar-refractivity contribution is 5.72. The largest absolute Gasteiger partial charge is 0.479 e. The number of carboxylic acids is 1. The van der Waals surface area contributed by atoms with Gasteiger partial charge in [0, 0.05) is 0 Å². The van der Waals surface area contributed by atoms with Crippen LogP contribution in [0, 0.1) is 23.7 Å². The Morgan fingerprint density at radius 3 is 2.22 bits per heavy atom. The molecule has 0 aromatic rings. The van der Waals surface area contributed by atoms with E-state index >= 15 is 0 Å². The lowest BCUT2D eigenvalue weighted by Gasteiger charge is -2.26. The Morgan fingerprint density at radius 2 is 1.74 bits per heavy atom. The molecule has 23 heavy (non-hydrogen) atoms. The summed E-state index contributed by atoms with van der Waals surface area (Å²) in [6.45, 7) is 8.71. The van der Waals surface area contributed by atoms with Gasteiger partial charge in [-0.15, -0.1) is 0 Å². The van der Waals surface area contributed by atoms with Crippen LogP contribution in [0.25, 0.3) is 0 Å². The maximum atomic E-state index is 10.7. The van der Waals surface area contributed by atoms with Crippen molar-refractivity contribution in [3.05, 3.63) is 11.6 Å². The average molecular weight is 328 g/mol. The molecule has 0 fully saturated rings. The second kappa shape index (κ2) is 8.81. The van der Waals surface area contributed by atoms with Crippen LogP contribution in [-0.2, 0) is 4.79 Å². The molecule has 4 N–H and O–H groups in total. The highest BCUT2D eigenvalue weighted by Crippen LogP contribution is 2.42. The van der Waals surface area contributed by atoms with E-state index < -0.39 is 24.3 Å². The highest BCUT2D eigenvalue weighted by atomic mass is 16.4. The molecule has 7 atom stereocenters. The summed E-state index contributed by atoms with van der Waals surface area (Å²) in [5, 5.41) is 38.1. The van der Waals surface area contributed by atoms with Crippen LogP contribution >= 0.6 is 0 Å². The lowest BCUT2D eigenvalue weighted by Crippen LogP contribution is -2.42. The van der Waals surface area contributed by atoms with Gasteiger partial charge in [0.25, 0.3) is 0 Å². The van der Waals surface area contributed by atoms with Crippen molar-refractivity contribution >= 4 is 5.97 Å². The molecule has 0 amide bonds. The number of aliphatic carboxylic acids is 1. The number of aliphatic hydroxyl groups excluding tert-OH is 3. The monoisotopic (exact) mass is 328 g/mol. The topological polar surface area (TPSA) is 98.0 Å². The number of hydrogen-bond acceptors (Lipinski definition) is 4. The van der Waals surface area contributed by atoms with Gasteiger partial charge >= 0.3 is 5.97 Å². The Kier molecular flexibility index (Phi) is 7.71. The van der Waals surface area contributed by atoms with Gasteiger partial charge in [-0.2, -0.15) is 0 Å². The minimum absolute atomic E-state index is 0.216. The van der Waals surface area contributed by atoms with Crippen LogP contribution in [0.3, 0.4) is 0 Å². The van der Waals surface area contributed by atoms with Crippen LogP contribution in [-0.4, -0.2) is 44.7 Å². The summed E-state index contributed by atoms with van der Waals surface area (Å²) in [6, 6.07) is 0. The second-order valence-electron chi connectivity index (χ2n) is 7.06. The van der Waals surface area contributed by atoms with Gasteiger partial charge in [0.1, 0.15) is 6.10 Å². The molecule has 1 rings (SSSR count). The Bertz CT molecular complexity index is 420. The van der Waals surface area contributed by atoms with Crippen molar-refractivity contribution in [1.29, 1.82) is 0 Å². The standard InChI is InChI=1S/C18H32O5/c1-5-10(3)12-7-13(14(8-12)11(4)6-2)9-15(19)16(20)17(21)18(22)23/h7,10-12,14-17,19-21H,5-6,8-9H2,1-4H3,(H,22,23). The molecule has 134 valence electrons. The molecule has 5 nitrogen and oxygen atoms in total. The first kappa shape index (κ1) is 20.1. The molecule has 0 aromatic heterocycles. The van der Waals surface area contributed by atoms with Gasteiger partial charge in [-0.25, -0.2) is 4.79 Å². The third-order valence-electron chi connectivity index (χ3n) is 5.55. The first-order chi connectivity index (χ1) is 10.7. The van der Waals surface area contributed by atoms with Crippen molar-refractivity contribution in [2.24, 2.45) is 23.7 Å². The second-order valence-corrected chi connectivity index (χ2v) is 7.06. The smallest absolute Gasteiger partial charge is 0.335 e. The Balaban J connectivity index is 2.85. The number of hydrogen-bond donors (Lipinski definition) is 4. The molecule has 5 heteroatoms. The lowest BCUT2D eigenvalue weighted by molar-refractivity contribution is -0.157. The minimum atomic E-state index is -1.96. The normalized spacial score (nSPS) is 27.9. The number of allylic oxidation sites excluding steroid dienone is 1. The van der Waals surface area contributed by atoms with Crippen LogP contribution in [0.15, 0.2) is 11.6 Å². The first-order valence-electron chi connectivity index (χ1n) is 8.70. The minimum Gasteiger partial charge on any atom is -0.479 e. The van der Waals surface area contributed by atoms with Gasteiger partial charge < -0.3 is 20.4 Å². The summed E-state index contributed by atoms with van der Waals surface area (Å²) >= 11 is 0. The van der Waals surface area contributed by atoms with Crippen molar-refractivity contribution < 1.29 is 25.2 Å². The van der Waals surface area contributed by atoms with E-state index in [9.17, 15) is 20.1 Å². The van der Waals surface area contributed by atoms with E-state index in [1.807, 2.05) is 0 Å². The van der Waals surface area contributed by atoms with Crippen LogP contribution < -0.4 is 0 Å². The molecule has 0 saturated carbocycles. The van der Waals surface area contributed by atoms with Crippen molar-refractivity contribution in [1.82, 2.24) is 0 Å². The fraction of sp³-hybridized carbons (Fsp3) is 0.833. The summed E-state index contributed by atoms with van der Waals surface area (Å²) in [6.07, 6.45) is 0.684. The Morgan fingerprint density at radius 1 is 1.17 bits per heavy atom. The molecule has 0 saturated heterocycles. The fourth-order valence-electron chi connectivity index (χ4n) is 3.43. The van der Waals surface area contributed by atoms with Gasteiger partial charge in [0.2, 0.25) is 0 Å². The maximum Gasteiger partial charge on any atom is 0.335 e. The van der Waals surface area contributed by atoms with Gasteiger partial charge in [0.15, 0.2) is 6.10 Å². The van der Waals surface area contributed by atoms with Crippen LogP contribution in [0.4, 0.5) is 0 Å². The van der Waals surface area contributed by atoms with Crippen LogP contribution in [0.2, 0.25) is 0 Å². The molecule has 0 aromatic carbocycles. The Hall–Kier alpha value is -0.910. The number of carbonyl (C=O) groups is 1. The van der Waals surface area contributed by atoms with Crippen molar-refractivity contribution in [3.8, 4) is 0 Å². The first-order valence-corrected chi connectivity index (χ1v) is 8.70. The van der Waals surface area contributed by atoms with E-state index in [1.54, 1.807) is 0 Å². The quantitative estimate of drug-likeness (QED) is 0.486. The van der Waals surface area contributed by atoms with Gasteiger partial charge in [-0.05, 0) is 36.5 Å². The van der Waals surface area contributed by atoms with Gasteiger partial charge in [-0.1, -0.05) is 52.2 Å². The van der Waals surface area contributed by atoms with E-state index in [1.165, 1.54) is 0 Å². The number of aliphatic hydroxyl groups is 3. The van der Waals surface area contributed by atoms with E-state index in [-0.39, 0.29) is 6.42 Å². The Labute approximate surface area is 139 Å². The molecule has 1 aliphatic rings. The summed E-state index contributed by atoms with van der Waals surface area (Å²) < 4.78 is 0. The van der Waals surface area contributed by atoms with Crippen LogP contribution in [0.1, 0.15) is 53.4 Å². The predicted molar refractivity (Wildman–Crippen MR) is 88.9 cm³/mol. The summed E-state index contributed by atoms with van der Waals surface area (Å²) in [4.78, 5) is 10.7. The summed E-state index contributed by atoms with van der Waals surface area (Å²) in [5.74, 6) is 0.327. The van der Waals surface area contributed by atoms with Crippen molar-refractivity contribution in [2.45, 2.75) is 71.7 Å². The van der Waals surface area contributed by atoms with Gasteiger partial charge in [0.05, 0.1) is 6.10 Å². The van der Waals surface area contributed by atoms with E-state index in [4.69, 9.17) is 5.11 Å². The summed E-state index contributed by atoms with van der Waals surface area (Å²) in [5.41, 5.74) is 1.09. The molecular weight excluding hydrogens is 296 g/mol. The molecule has 0 heterocycles. The van der Waals surface area contributed by atoms with E-state index in [2.05, 4.69) is 33.8 Å². The highest BCUT2D eigenvalue weighted by Gasteiger charge is 2.36. The van der Waals surface area contributed by atoms with Crippen molar-refractivity contribution in [2.75, 3.05) is 0 Å². The number of carboxylic acid groups (broad SMARTS) is 1. The van der Waals surface area contributed by atoms with Crippen LogP contribution in [0.5, 0.6) is 0 Å². The summed E-state index contributed by atoms with van der Waals surface area (Å²) in [7, 11) is 0. The zero-order chi connectivity index (χ0) is 17.7. The third-order valence-corrected chi connectivity index (χ3v) is 5.55. The van der Waals surface area contributed by atoms with Crippen molar-refractivity contribution in [3.63, 3.8) is 0 Å². The number of rotatable bonds is 9. The molecule has 7 unspecified atom stereocenters. The molecule has 1 aliphatic carbocycles. The molecular formula is C18H32O5. The maximum absolute atomic E-state index is 10.7. The molecule has 0 bridgehead atoms. The zero-order valence-electron chi connectivity index (χ0n) is 14.6. The zero-order valence-corrected chi connectivity index (χ0v) is 14.6. The molecule has 0 spiro atoms. The van der Waals surface area contributed by atoms with E-state index in [0.717, 1.165) is 24.8 Å². The fourth-order valence-corrected chi connectivity index (χ4v) is 3.43. The molecule has 0 radical (unpaired) electrons. The lowest BCUT2D eigenvalue weighted by atomic mass is 9.81. The SMILES string of the molecule is CCC(C)C1C=C(CC(O)C(O)C(O)C(=O)O)C(C(C)CC)C1. The van der Waals surface area contributed by atoms with E-state index in [0.29, 0.717) is 23.7 Å². The van der Waals surface area contributed by atoms with Gasteiger partial charge in [-0.3, -0.25) is 0 Å². The predicted octanol–water partition coefficient (Wildman–Crippen LogP) is 2.20. The molecule has 0 aliphatic heterocycles.